The third-order valence-electron chi connectivity index (χ3n) is 4.14. The molecule has 124 valence electrons. The molecule has 2 aromatic carbocycles. The van der Waals surface area contributed by atoms with Gasteiger partial charge in [0, 0.05) is 23.0 Å². The van der Waals surface area contributed by atoms with E-state index in [-0.39, 0.29) is 5.75 Å². The van der Waals surface area contributed by atoms with Crippen molar-refractivity contribution in [1.29, 1.82) is 0 Å². The van der Waals surface area contributed by atoms with E-state index in [2.05, 4.69) is 20.4 Å². The summed E-state index contributed by atoms with van der Waals surface area (Å²) in [5.74, 6) is 0.139. The van der Waals surface area contributed by atoms with Crippen LogP contribution in [0, 0.1) is 0 Å². The molecule has 1 atom stereocenters. The number of aromatic hydroxyl groups is 1. The number of nitrogens with two attached hydrogens (primary N) is 1. The zero-order chi connectivity index (χ0) is 17.4. The normalized spacial score (nSPS) is 12.4. The van der Waals surface area contributed by atoms with E-state index >= 15 is 0 Å². The highest BCUT2D eigenvalue weighted by Crippen LogP contribution is 2.35. The Morgan fingerprint density at radius 2 is 1.76 bits per heavy atom. The second-order valence-corrected chi connectivity index (χ2v) is 5.69. The first kappa shape index (κ1) is 15.1. The fourth-order valence-electron chi connectivity index (χ4n) is 2.87. The van der Waals surface area contributed by atoms with Crippen LogP contribution in [0.2, 0.25) is 0 Å². The molecule has 7 heteroatoms. The summed E-state index contributed by atoms with van der Waals surface area (Å²) in [4.78, 5) is 3.02. The van der Waals surface area contributed by atoms with Gasteiger partial charge < -0.3 is 20.9 Å². The molecular weight excluding hydrogens is 318 g/mol. The van der Waals surface area contributed by atoms with Gasteiger partial charge in [-0.05, 0) is 29.0 Å². The Kier molecular flexibility index (Phi) is 3.55. The molecule has 0 fully saturated rings. The van der Waals surface area contributed by atoms with Crippen molar-refractivity contribution in [3.63, 3.8) is 0 Å². The van der Waals surface area contributed by atoms with E-state index in [1.807, 2.05) is 18.2 Å². The first-order chi connectivity index (χ1) is 12.1. The first-order valence-electron chi connectivity index (χ1n) is 7.67. The van der Waals surface area contributed by atoms with Gasteiger partial charge in [-0.15, -0.1) is 10.2 Å². The molecule has 25 heavy (non-hydrogen) atoms. The Morgan fingerprint density at radius 1 is 1.00 bits per heavy atom. The predicted molar refractivity (Wildman–Crippen MR) is 93.7 cm³/mol. The largest absolute Gasteiger partial charge is 0.508 e. The van der Waals surface area contributed by atoms with Crippen LogP contribution in [0.5, 0.6) is 5.75 Å². The number of nitrogen functional groups attached to an aromatic ring is 1. The van der Waals surface area contributed by atoms with Gasteiger partial charge in [0.25, 0.3) is 0 Å². The van der Waals surface area contributed by atoms with Crippen molar-refractivity contribution in [2.45, 2.75) is 6.10 Å². The van der Waals surface area contributed by atoms with Gasteiger partial charge in [0.05, 0.1) is 5.39 Å². The fourth-order valence-corrected chi connectivity index (χ4v) is 2.87. The van der Waals surface area contributed by atoms with Gasteiger partial charge in [-0.1, -0.05) is 30.3 Å². The number of nitrogens with one attached hydrogen (secondary N) is 1. The SMILES string of the molecule is Nc1ccccc1-c1nnnc2[nH]cc(C(O)c3ccc(O)cc3)c12. The maximum absolute atomic E-state index is 10.8. The van der Waals surface area contributed by atoms with E-state index in [9.17, 15) is 10.2 Å². The van der Waals surface area contributed by atoms with Crippen LogP contribution >= 0.6 is 0 Å². The Bertz CT molecular complexity index is 1040. The van der Waals surface area contributed by atoms with Gasteiger partial charge in [-0.25, -0.2) is 0 Å². The lowest BCUT2D eigenvalue weighted by atomic mass is 9.98. The summed E-state index contributed by atoms with van der Waals surface area (Å²) in [6.07, 6.45) is 0.769. The van der Waals surface area contributed by atoms with E-state index in [0.717, 1.165) is 5.56 Å². The molecule has 7 nitrogen and oxygen atoms in total. The molecule has 0 spiro atoms. The Labute approximate surface area is 142 Å². The van der Waals surface area contributed by atoms with Gasteiger partial charge in [0.1, 0.15) is 17.5 Å². The highest BCUT2D eigenvalue weighted by atomic mass is 16.3. The number of rotatable bonds is 3. The molecule has 0 aliphatic rings. The molecule has 0 aliphatic carbocycles. The molecule has 0 radical (unpaired) electrons. The molecule has 5 N–H and O–H groups in total. The number of aliphatic hydroxyl groups is 1. The van der Waals surface area contributed by atoms with Crippen LogP contribution < -0.4 is 5.73 Å². The molecule has 4 aromatic rings. The second-order valence-electron chi connectivity index (χ2n) is 5.69. The molecule has 0 saturated carbocycles. The summed E-state index contributed by atoms with van der Waals surface area (Å²) in [5.41, 5.74) is 9.69. The van der Waals surface area contributed by atoms with Crippen LogP contribution in [0.15, 0.2) is 54.7 Å². The van der Waals surface area contributed by atoms with Crippen LogP contribution in [-0.2, 0) is 0 Å². The highest BCUT2D eigenvalue weighted by molar-refractivity contribution is 5.96. The zero-order valence-corrected chi connectivity index (χ0v) is 13.1. The number of aromatic amines is 1. The average molecular weight is 333 g/mol. The summed E-state index contributed by atoms with van der Waals surface area (Å²) >= 11 is 0. The van der Waals surface area contributed by atoms with Crippen molar-refractivity contribution in [2.24, 2.45) is 0 Å². The van der Waals surface area contributed by atoms with Gasteiger partial charge >= 0.3 is 0 Å². The van der Waals surface area contributed by atoms with E-state index in [1.54, 1.807) is 24.4 Å². The van der Waals surface area contributed by atoms with Crippen molar-refractivity contribution < 1.29 is 10.2 Å². The third-order valence-corrected chi connectivity index (χ3v) is 4.14. The number of phenols is 1. The van der Waals surface area contributed by atoms with Crippen molar-refractivity contribution in [1.82, 2.24) is 20.4 Å². The smallest absolute Gasteiger partial charge is 0.164 e. The molecule has 0 amide bonds. The van der Waals surface area contributed by atoms with E-state index in [0.29, 0.717) is 33.5 Å². The van der Waals surface area contributed by atoms with Crippen LogP contribution in [0.25, 0.3) is 22.3 Å². The summed E-state index contributed by atoms with van der Waals surface area (Å²) in [5, 5.41) is 32.8. The van der Waals surface area contributed by atoms with Gasteiger partial charge in [0.15, 0.2) is 5.65 Å². The minimum atomic E-state index is -0.913. The number of aromatic nitrogens is 4. The molecule has 0 saturated heterocycles. The molecular formula is C18H15N5O2. The number of anilines is 1. The van der Waals surface area contributed by atoms with Crippen molar-refractivity contribution >= 4 is 16.7 Å². The highest BCUT2D eigenvalue weighted by Gasteiger charge is 2.21. The van der Waals surface area contributed by atoms with Crippen LogP contribution in [0.1, 0.15) is 17.2 Å². The summed E-state index contributed by atoms with van der Waals surface area (Å²) < 4.78 is 0. The Morgan fingerprint density at radius 3 is 2.52 bits per heavy atom. The monoisotopic (exact) mass is 333 g/mol. The minimum Gasteiger partial charge on any atom is -0.508 e. The number of aliphatic hydroxyl groups excluding tert-OH is 1. The van der Waals surface area contributed by atoms with Crippen LogP contribution in [0.3, 0.4) is 0 Å². The van der Waals surface area contributed by atoms with E-state index in [4.69, 9.17) is 5.73 Å². The third kappa shape index (κ3) is 2.56. The van der Waals surface area contributed by atoms with Gasteiger partial charge in [-0.2, -0.15) is 0 Å². The van der Waals surface area contributed by atoms with E-state index in [1.165, 1.54) is 12.1 Å². The molecule has 4 rings (SSSR count). The maximum Gasteiger partial charge on any atom is 0.164 e. The lowest BCUT2D eigenvalue weighted by molar-refractivity contribution is 0.222. The van der Waals surface area contributed by atoms with Crippen molar-refractivity contribution in [3.05, 3.63) is 65.9 Å². The Balaban J connectivity index is 1.91. The predicted octanol–water partition coefficient (Wildman–Crippen LogP) is 2.39. The standard InChI is InChI=1S/C18H15N5O2/c19-14-4-2-1-3-12(14)16-15-13(9-20-18(15)22-23-21-16)17(25)10-5-7-11(24)8-6-10/h1-9,17,24-25H,19H2,(H,20,21,22). The summed E-state index contributed by atoms with van der Waals surface area (Å²) in [7, 11) is 0. The number of benzene rings is 2. The topological polar surface area (TPSA) is 121 Å². The van der Waals surface area contributed by atoms with Crippen molar-refractivity contribution in [3.8, 4) is 17.0 Å². The lowest BCUT2D eigenvalue weighted by Gasteiger charge is -2.12. The number of hydrogen-bond donors (Lipinski definition) is 4. The lowest BCUT2D eigenvalue weighted by Crippen LogP contribution is -2.01. The average Bonchev–Trinajstić information content (AvgIpc) is 3.06. The number of fused-ring (bicyclic) bond motifs is 1. The zero-order valence-electron chi connectivity index (χ0n) is 13.1. The quantitative estimate of drug-likeness (QED) is 0.427. The molecule has 0 bridgehead atoms. The maximum atomic E-state index is 10.8. The number of nitrogens with zero attached hydrogens (tertiary/aromatic N) is 3. The number of phenolic OH excluding ortho intramolecular Hbond substituents is 1. The van der Waals surface area contributed by atoms with Gasteiger partial charge in [0.2, 0.25) is 0 Å². The van der Waals surface area contributed by atoms with Crippen molar-refractivity contribution in [2.75, 3.05) is 5.73 Å². The van der Waals surface area contributed by atoms with Crippen LogP contribution in [0.4, 0.5) is 5.69 Å². The number of hydrogen-bond acceptors (Lipinski definition) is 6. The fraction of sp³-hybridized carbons (Fsp3) is 0.0556. The molecule has 2 heterocycles. The van der Waals surface area contributed by atoms with Gasteiger partial charge in [-0.3, -0.25) is 0 Å². The Hall–Kier alpha value is -3.45. The number of H-pyrrole nitrogens is 1. The second kappa shape index (κ2) is 5.88. The molecule has 0 aliphatic heterocycles. The summed E-state index contributed by atoms with van der Waals surface area (Å²) in [6, 6.07) is 13.7. The molecule has 1 unspecified atom stereocenters. The molecule has 2 aromatic heterocycles. The minimum absolute atomic E-state index is 0.139. The van der Waals surface area contributed by atoms with E-state index < -0.39 is 6.10 Å². The number of para-hydroxylation sites is 1. The first-order valence-corrected chi connectivity index (χ1v) is 7.67. The van der Waals surface area contributed by atoms with Crippen LogP contribution in [-0.4, -0.2) is 30.6 Å². The summed E-state index contributed by atoms with van der Waals surface area (Å²) in [6.45, 7) is 0.